The van der Waals surface area contributed by atoms with Gasteiger partial charge in [0.15, 0.2) is 6.10 Å². The Hall–Kier alpha value is -2.11. The minimum atomic E-state index is -0.906. The van der Waals surface area contributed by atoms with Crippen LogP contribution in [0.25, 0.3) is 6.08 Å². The number of carbonyl (C=O) groups excluding carboxylic acids is 2. The van der Waals surface area contributed by atoms with Gasteiger partial charge in [0.05, 0.1) is 0 Å². The second-order valence-corrected chi connectivity index (χ2v) is 6.31. The van der Waals surface area contributed by atoms with E-state index in [2.05, 4.69) is 21.2 Å². The number of ether oxygens (including phenoxy) is 1. The van der Waals surface area contributed by atoms with Crippen LogP contribution in [-0.4, -0.2) is 18.0 Å². The van der Waals surface area contributed by atoms with Crippen LogP contribution in [0.4, 0.5) is 5.69 Å². The molecule has 1 N–H and O–H groups in total. The predicted molar refractivity (Wildman–Crippen MR) is 98.8 cm³/mol. The predicted octanol–water partition coefficient (Wildman–Crippen LogP) is 4.69. The number of halogens is 2. The van der Waals surface area contributed by atoms with Gasteiger partial charge in [-0.2, -0.15) is 0 Å². The summed E-state index contributed by atoms with van der Waals surface area (Å²) in [7, 11) is 0. The summed E-state index contributed by atoms with van der Waals surface area (Å²) >= 11 is 9.11. The quantitative estimate of drug-likeness (QED) is 0.577. The van der Waals surface area contributed by atoms with E-state index < -0.39 is 18.0 Å². The fourth-order valence-corrected chi connectivity index (χ4v) is 2.17. The van der Waals surface area contributed by atoms with Crippen LogP contribution in [0.3, 0.4) is 0 Å². The molecule has 0 aliphatic carbocycles. The summed E-state index contributed by atoms with van der Waals surface area (Å²) in [6.45, 7) is 1.52. The number of rotatable bonds is 5. The van der Waals surface area contributed by atoms with Crippen LogP contribution in [0.2, 0.25) is 5.02 Å². The van der Waals surface area contributed by atoms with Gasteiger partial charge in [-0.1, -0.05) is 39.7 Å². The van der Waals surface area contributed by atoms with Crippen molar-refractivity contribution in [1.82, 2.24) is 0 Å². The van der Waals surface area contributed by atoms with E-state index >= 15 is 0 Å². The smallest absolute Gasteiger partial charge is 0.331 e. The number of carbonyl (C=O) groups is 2. The zero-order valence-corrected chi connectivity index (χ0v) is 15.2. The lowest BCUT2D eigenvalue weighted by molar-refractivity contribution is -0.148. The van der Waals surface area contributed by atoms with Gasteiger partial charge in [0, 0.05) is 21.3 Å². The molecule has 24 heavy (non-hydrogen) atoms. The van der Waals surface area contributed by atoms with Crippen molar-refractivity contribution in [3.8, 4) is 0 Å². The first-order chi connectivity index (χ1) is 11.4. The lowest BCUT2D eigenvalue weighted by atomic mass is 10.2. The molecule has 1 atom stereocenters. The molecule has 0 aliphatic rings. The maximum Gasteiger partial charge on any atom is 0.331 e. The molecule has 4 nitrogen and oxygen atoms in total. The van der Waals surface area contributed by atoms with Crippen LogP contribution in [0.1, 0.15) is 12.5 Å². The molecular formula is C18H15BrClNO3. The molecule has 0 aliphatic heterocycles. The average molecular weight is 409 g/mol. The molecule has 2 aromatic rings. The number of amides is 1. The fourth-order valence-electron chi connectivity index (χ4n) is 1.78. The molecule has 0 radical (unpaired) electrons. The molecule has 124 valence electrons. The lowest BCUT2D eigenvalue weighted by Crippen LogP contribution is -2.29. The maximum atomic E-state index is 12.0. The topological polar surface area (TPSA) is 55.4 Å². The highest BCUT2D eigenvalue weighted by atomic mass is 79.9. The van der Waals surface area contributed by atoms with Gasteiger partial charge < -0.3 is 10.1 Å². The van der Waals surface area contributed by atoms with E-state index in [0.717, 1.165) is 10.0 Å². The van der Waals surface area contributed by atoms with Gasteiger partial charge in [-0.3, -0.25) is 4.79 Å². The highest BCUT2D eigenvalue weighted by Gasteiger charge is 2.16. The third-order valence-electron chi connectivity index (χ3n) is 3.06. The Balaban J connectivity index is 1.87. The van der Waals surface area contributed by atoms with Crippen molar-refractivity contribution < 1.29 is 14.3 Å². The highest BCUT2D eigenvalue weighted by Crippen LogP contribution is 2.15. The van der Waals surface area contributed by atoms with Crippen molar-refractivity contribution >= 4 is 51.2 Å². The number of anilines is 1. The van der Waals surface area contributed by atoms with Crippen LogP contribution in [0.15, 0.2) is 59.1 Å². The molecule has 6 heteroatoms. The Kier molecular flexibility index (Phi) is 6.58. The molecule has 0 fully saturated rings. The normalized spacial score (nSPS) is 12.0. The average Bonchev–Trinajstić information content (AvgIpc) is 2.56. The van der Waals surface area contributed by atoms with E-state index in [0.29, 0.717) is 10.7 Å². The van der Waals surface area contributed by atoms with E-state index in [1.165, 1.54) is 13.0 Å². The van der Waals surface area contributed by atoms with Crippen LogP contribution < -0.4 is 5.32 Å². The number of benzene rings is 2. The maximum absolute atomic E-state index is 12.0. The molecule has 0 unspecified atom stereocenters. The molecular weight excluding hydrogens is 394 g/mol. The Morgan fingerprint density at radius 3 is 2.38 bits per heavy atom. The number of esters is 1. The summed E-state index contributed by atoms with van der Waals surface area (Å²) in [5, 5.41) is 3.30. The summed E-state index contributed by atoms with van der Waals surface area (Å²) in [4.78, 5) is 23.8. The van der Waals surface area contributed by atoms with Gasteiger partial charge in [0.2, 0.25) is 0 Å². The van der Waals surface area contributed by atoms with Gasteiger partial charge in [0.25, 0.3) is 5.91 Å². The van der Waals surface area contributed by atoms with Crippen molar-refractivity contribution in [3.05, 3.63) is 69.7 Å². The van der Waals surface area contributed by atoms with Crippen LogP contribution >= 0.6 is 27.5 Å². The van der Waals surface area contributed by atoms with E-state index in [-0.39, 0.29) is 0 Å². The molecule has 2 rings (SSSR count). The van der Waals surface area contributed by atoms with E-state index in [9.17, 15) is 9.59 Å². The van der Waals surface area contributed by atoms with Gasteiger partial charge in [-0.25, -0.2) is 4.79 Å². The summed E-state index contributed by atoms with van der Waals surface area (Å²) in [6, 6.07) is 14.1. The third kappa shape index (κ3) is 5.83. The lowest BCUT2D eigenvalue weighted by Gasteiger charge is -2.12. The van der Waals surface area contributed by atoms with Crippen LogP contribution in [0.5, 0.6) is 0 Å². The van der Waals surface area contributed by atoms with Crippen molar-refractivity contribution in [3.63, 3.8) is 0 Å². The molecule has 0 saturated heterocycles. The zero-order valence-electron chi connectivity index (χ0n) is 12.8. The van der Waals surface area contributed by atoms with Crippen molar-refractivity contribution in [2.24, 2.45) is 0 Å². The van der Waals surface area contributed by atoms with Gasteiger partial charge >= 0.3 is 5.97 Å². The van der Waals surface area contributed by atoms with Gasteiger partial charge in [-0.05, 0) is 55.0 Å². The molecule has 2 aromatic carbocycles. The minimum absolute atomic E-state index is 0.398. The molecule has 0 spiro atoms. The van der Waals surface area contributed by atoms with Crippen molar-refractivity contribution in [1.29, 1.82) is 0 Å². The van der Waals surface area contributed by atoms with E-state index in [4.69, 9.17) is 16.3 Å². The molecule has 0 heterocycles. The summed E-state index contributed by atoms with van der Waals surface area (Å²) in [5.74, 6) is -0.992. The van der Waals surface area contributed by atoms with Gasteiger partial charge in [0.1, 0.15) is 0 Å². The second-order valence-electron chi connectivity index (χ2n) is 4.96. The molecule has 1 amide bonds. The zero-order chi connectivity index (χ0) is 17.5. The largest absolute Gasteiger partial charge is 0.449 e. The Labute approximate surface area is 153 Å². The van der Waals surface area contributed by atoms with Crippen molar-refractivity contribution in [2.75, 3.05) is 5.32 Å². The summed E-state index contributed by atoms with van der Waals surface area (Å²) < 4.78 is 5.99. The first-order valence-corrected chi connectivity index (χ1v) is 8.32. The Morgan fingerprint density at radius 2 is 1.75 bits per heavy atom. The minimum Gasteiger partial charge on any atom is -0.449 e. The molecule has 0 saturated carbocycles. The van der Waals surface area contributed by atoms with Crippen LogP contribution in [0, 0.1) is 0 Å². The number of nitrogens with one attached hydrogen (secondary N) is 1. The number of hydrogen-bond donors (Lipinski definition) is 1. The first-order valence-electron chi connectivity index (χ1n) is 7.15. The van der Waals surface area contributed by atoms with E-state index in [1.54, 1.807) is 54.6 Å². The Morgan fingerprint density at radius 1 is 1.12 bits per heavy atom. The monoisotopic (exact) mass is 407 g/mol. The highest BCUT2D eigenvalue weighted by molar-refractivity contribution is 9.10. The summed E-state index contributed by atoms with van der Waals surface area (Å²) in [6.07, 6.45) is 1.96. The molecule has 0 bridgehead atoms. The van der Waals surface area contributed by atoms with E-state index in [1.807, 2.05) is 0 Å². The SMILES string of the molecule is C[C@@H](OC(=O)/C=C/c1ccc(Cl)cc1)C(=O)Nc1ccc(Br)cc1. The van der Waals surface area contributed by atoms with Crippen LogP contribution in [-0.2, 0) is 14.3 Å². The van der Waals surface area contributed by atoms with Gasteiger partial charge in [-0.15, -0.1) is 0 Å². The second kappa shape index (κ2) is 8.66. The standard InChI is InChI=1S/C18H15BrClNO3/c1-12(18(23)21-16-9-5-14(19)6-10-16)24-17(22)11-4-13-2-7-15(20)8-3-13/h2-12H,1H3,(H,21,23)/b11-4+/t12-/m1/s1. The summed E-state index contributed by atoms with van der Waals surface area (Å²) in [5.41, 5.74) is 1.44. The fraction of sp³-hybridized carbons (Fsp3) is 0.111. The first kappa shape index (κ1) is 18.2. The number of hydrogen-bond acceptors (Lipinski definition) is 3. The third-order valence-corrected chi connectivity index (χ3v) is 3.84. The Bertz CT molecular complexity index is 742. The molecule has 0 aromatic heterocycles. The van der Waals surface area contributed by atoms with Crippen molar-refractivity contribution in [2.45, 2.75) is 13.0 Å².